The van der Waals surface area contributed by atoms with Gasteiger partial charge in [-0.25, -0.2) is 0 Å². The Morgan fingerprint density at radius 2 is 1.85 bits per heavy atom. The maximum Gasteiger partial charge on any atom is 0.260 e. The molecule has 4 heteroatoms. The van der Waals surface area contributed by atoms with Crippen LogP contribution in [0.25, 0.3) is 10.8 Å². The van der Waals surface area contributed by atoms with Gasteiger partial charge in [-0.15, -0.1) is 0 Å². The number of ether oxygens (including phenoxy) is 1. The smallest absolute Gasteiger partial charge is 0.260 e. The molecule has 1 atom stereocenters. The number of likely N-dealkylation sites (N-methyl/N-ethyl adjacent to an activating group) is 1. The first kappa shape index (κ1) is 14.1. The van der Waals surface area contributed by atoms with Gasteiger partial charge in [-0.05, 0) is 25.3 Å². The first-order valence-electron chi connectivity index (χ1n) is 6.45. The monoisotopic (exact) mass is 271 g/mol. The summed E-state index contributed by atoms with van der Waals surface area (Å²) >= 11 is 0. The van der Waals surface area contributed by atoms with E-state index < -0.39 is 6.10 Å². The second-order valence-electron chi connectivity index (χ2n) is 4.59. The van der Waals surface area contributed by atoms with Crippen LogP contribution in [0.1, 0.15) is 24.2 Å². The second kappa shape index (κ2) is 5.74. The molecule has 0 aliphatic carbocycles. The molecule has 0 saturated heterocycles. The van der Waals surface area contributed by atoms with Crippen molar-refractivity contribution in [2.45, 2.75) is 20.0 Å². The molecule has 104 valence electrons. The maximum atomic E-state index is 11.8. The van der Waals surface area contributed by atoms with Gasteiger partial charge in [0.2, 0.25) is 0 Å². The molecule has 0 spiro atoms. The number of fused-ring (bicyclic) bond motifs is 1. The van der Waals surface area contributed by atoms with E-state index in [2.05, 4.69) is 5.32 Å². The lowest BCUT2D eigenvalue weighted by molar-refractivity contribution is -0.126. The number of Topliss-reactive ketones (excluding diaryl/α,β-unsaturated/α-hetero) is 1. The van der Waals surface area contributed by atoms with Crippen molar-refractivity contribution < 1.29 is 14.3 Å². The van der Waals surface area contributed by atoms with Gasteiger partial charge in [-0.3, -0.25) is 9.59 Å². The number of ketones is 1. The summed E-state index contributed by atoms with van der Waals surface area (Å²) < 4.78 is 5.74. The van der Waals surface area contributed by atoms with Crippen molar-refractivity contribution in [2.75, 3.05) is 7.05 Å². The largest absolute Gasteiger partial charge is 0.479 e. The van der Waals surface area contributed by atoms with Crippen molar-refractivity contribution in [1.29, 1.82) is 0 Å². The van der Waals surface area contributed by atoms with Crippen LogP contribution in [0.3, 0.4) is 0 Å². The Labute approximate surface area is 117 Å². The van der Waals surface area contributed by atoms with Crippen molar-refractivity contribution in [3.63, 3.8) is 0 Å². The molecule has 2 aromatic rings. The summed E-state index contributed by atoms with van der Waals surface area (Å²) in [7, 11) is 1.55. The van der Waals surface area contributed by atoms with Gasteiger partial charge in [0.25, 0.3) is 5.91 Å². The van der Waals surface area contributed by atoms with E-state index >= 15 is 0 Å². The Kier molecular flexibility index (Phi) is 4.03. The van der Waals surface area contributed by atoms with E-state index in [1.807, 2.05) is 30.3 Å². The van der Waals surface area contributed by atoms with Crippen LogP contribution >= 0.6 is 0 Å². The van der Waals surface area contributed by atoms with Crippen LogP contribution in [0.2, 0.25) is 0 Å². The SMILES string of the molecule is CNC(=O)C(C)Oc1c(C(C)=O)ccc2ccccc12. The van der Waals surface area contributed by atoms with E-state index in [9.17, 15) is 9.59 Å². The van der Waals surface area contributed by atoms with Gasteiger partial charge < -0.3 is 10.1 Å². The molecule has 1 unspecified atom stereocenters. The topological polar surface area (TPSA) is 55.4 Å². The van der Waals surface area contributed by atoms with E-state index in [0.29, 0.717) is 11.3 Å². The van der Waals surface area contributed by atoms with Crippen molar-refractivity contribution >= 4 is 22.5 Å². The predicted molar refractivity (Wildman–Crippen MR) is 78.1 cm³/mol. The molecule has 0 saturated carbocycles. The fourth-order valence-electron chi connectivity index (χ4n) is 2.08. The zero-order valence-electron chi connectivity index (χ0n) is 11.8. The van der Waals surface area contributed by atoms with Crippen molar-refractivity contribution in [3.8, 4) is 5.75 Å². The predicted octanol–water partition coefficient (Wildman–Crippen LogP) is 2.56. The van der Waals surface area contributed by atoms with Crippen molar-refractivity contribution in [3.05, 3.63) is 42.0 Å². The lowest BCUT2D eigenvalue weighted by Gasteiger charge is -2.17. The third-order valence-electron chi connectivity index (χ3n) is 3.17. The van der Waals surface area contributed by atoms with Gasteiger partial charge in [0.15, 0.2) is 11.9 Å². The average molecular weight is 271 g/mol. The number of amides is 1. The summed E-state index contributed by atoms with van der Waals surface area (Å²) in [6, 6.07) is 11.2. The van der Waals surface area contributed by atoms with Gasteiger partial charge >= 0.3 is 0 Å². The van der Waals surface area contributed by atoms with Gasteiger partial charge in [0.1, 0.15) is 5.75 Å². The molecule has 2 rings (SSSR count). The maximum absolute atomic E-state index is 11.8. The molecular formula is C16H17NO3. The first-order chi connectivity index (χ1) is 9.54. The molecule has 0 bridgehead atoms. The zero-order valence-corrected chi connectivity index (χ0v) is 11.8. The summed E-state index contributed by atoms with van der Waals surface area (Å²) in [5.41, 5.74) is 0.486. The van der Waals surface area contributed by atoms with Crippen LogP contribution in [-0.4, -0.2) is 24.8 Å². The van der Waals surface area contributed by atoms with Crippen LogP contribution in [0, 0.1) is 0 Å². The van der Waals surface area contributed by atoms with E-state index in [1.165, 1.54) is 6.92 Å². The number of hydrogen-bond acceptors (Lipinski definition) is 3. The highest BCUT2D eigenvalue weighted by molar-refractivity contribution is 6.04. The fraction of sp³-hybridized carbons (Fsp3) is 0.250. The summed E-state index contributed by atoms with van der Waals surface area (Å²) in [5, 5.41) is 4.33. The number of carbonyl (C=O) groups is 2. The van der Waals surface area contributed by atoms with Gasteiger partial charge in [-0.2, -0.15) is 0 Å². The summed E-state index contributed by atoms with van der Waals surface area (Å²) in [6.45, 7) is 3.14. The molecule has 20 heavy (non-hydrogen) atoms. The summed E-state index contributed by atoms with van der Waals surface area (Å²) in [5.74, 6) is 0.147. The van der Waals surface area contributed by atoms with Gasteiger partial charge in [-0.1, -0.05) is 30.3 Å². The first-order valence-corrected chi connectivity index (χ1v) is 6.45. The highest BCUT2D eigenvalue weighted by Crippen LogP contribution is 2.31. The second-order valence-corrected chi connectivity index (χ2v) is 4.59. The molecule has 0 heterocycles. The molecular weight excluding hydrogens is 254 g/mol. The van der Waals surface area contributed by atoms with E-state index in [4.69, 9.17) is 4.74 Å². The quantitative estimate of drug-likeness (QED) is 0.869. The molecule has 0 aromatic heterocycles. The van der Waals surface area contributed by atoms with Crippen LogP contribution in [0.5, 0.6) is 5.75 Å². The van der Waals surface area contributed by atoms with Crippen molar-refractivity contribution in [2.24, 2.45) is 0 Å². The van der Waals surface area contributed by atoms with Crippen LogP contribution in [-0.2, 0) is 4.79 Å². The fourth-order valence-corrected chi connectivity index (χ4v) is 2.08. The van der Waals surface area contributed by atoms with Crippen LogP contribution in [0.4, 0.5) is 0 Å². The Hall–Kier alpha value is -2.36. The Morgan fingerprint density at radius 3 is 2.50 bits per heavy atom. The normalized spacial score (nSPS) is 11.9. The Balaban J connectivity index is 2.55. The number of rotatable bonds is 4. The Morgan fingerprint density at radius 1 is 1.15 bits per heavy atom. The van der Waals surface area contributed by atoms with Gasteiger partial charge in [0.05, 0.1) is 5.56 Å². The van der Waals surface area contributed by atoms with E-state index in [-0.39, 0.29) is 11.7 Å². The molecule has 1 amide bonds. The summed E-state index contributed by atoms with van der Waals surface area (Å²) in [6.07, 6.45) is -0.663. The minimum atomic E-state index is -0.663. The standard InChI is InChI=1S/C16H17NO3/c1-10(18)13-9-8-12-6-4-5-7-14(12)15(13)20-11(2)16(19)17-3/h4-9,11H,1-3H3,(H,17,19). The summed E-state index contributed by atoms with van der Waals surface area (Å²) in [4.78, 5) is 23.4. The Bertz CT molecular complexity index is 664. The number of benzene rings is 2. The van der Waals surface area contributed by atoms with E-state index in [1.54, 1.807) is 20.0 Å². The minimum Gasteiger partial charge on any atom is -0.479 e. The number of carbonyl (C=O) groups excluding carboxylic acids is 2. The average Bonchev–Trinajstić information content (AvgIpc) is 2.46. The number of hydrogen-bond donors (Lipinski definition) is 1. The molecule has 0 radical (unpaired) electrons. The van der Waals surface area contributed by atoms with Crippen molar-refractivity contribution in [1.82, 2.24) is 5.32 Å². The third-order valence-corrected chi connectivity index (χ3v) is 3.17. The molecule has 0 fully saturated rings. The lowest BCUT2D eigenvalue weighted by atomic mass is 10.0. The molecule has 0 aliphatic rings. The highest BCUT2D eigenvalue weighted by atomic mass is 16.5. The molecule has 1 N–H and O–H groups in total. The van der Waals surface area contributed by atoms with Crippen LogP contribution < -0.4 is 10.1 Å². The van der Waals surface area contributed by atoms with Crippen LogP contribution in [0.15, 0.2) is 36.4 Å². The molecule has 0 aliphatic heterocycles. The van der Waals surface area contributed by atoms with E-state index in [0.717, 1.165) is 10.8 Å². The van der Waals surface area contributed by atoms with Gasteiger partial charge in [0, 0.05) is 12.4 Å². The zero-order chi connectivity index (χ0) is 14.7. The number of nitrogens with one attached hydrogen (secondary N) is 1. The molecule has 2 aromatic carbocycles. The minimum absolute atomic E-state index is 0.0881. The molecule has 4 nitrogen and oxygen atoms in total. The lowest BCUT2D eigenvalue weighted by Crippen LogP contribution is -2.34. The highest BCUT2D eigenvalue weighted by Gasteiger charge is 2.18. The third kappa shape index (κ3) is 2.64.